The molecule has 0 unspecified atom stereocenters. The number of carbonyl (C=O) groups excluding carboxylic acids is 2. The van der Waals surface area contributed by atoms with Crippen molar-refractivity contribution in [3.05, 3.63) is 59.6 Å². The van der Waals surface area contributed by atoms with Crippen molar-refractivity contribution < 1.29 is 14.3 Å². The standard InChI is InChI=1S/C19H19ClN2O3/c20-15-9-4-5-11-17(15)25-13-18(23)22-12-6-10-16(22)19(24)21-14-7-2-1-3-8-14/h1-5,7-9,11,16H,6,10,12-13H2,(H,21,24)/t16-/m1/s1. The number of anilines is 1. The third-order valence-electron chi connectivity index (χ3n) is 4.10. The molecule has 0 spiro atoms. The average molecular weight is 359 g/mol. The Kier molecular flexibility index (Phi) is 5.56. The summed E-state index contributed by atoms with van der Waals surface area (Å²) in [6.45, 7) is 0.413. The van der Waals surface area contributed by atoms with Crippen molar-refractivity contribution in [3.63, 3.8) is 0 Å². The molecule has 2 aromatic rings. The number of nitrogens with zero attached hydrogens (tertiary/aromatic N) is 1. The van der Waals surface area contributed by atoms with E-state index >= 15 is 0 Å². The number of carbonyl (C=O) groups is 2. The van der Waals surface area contributed by atoms with Crippen LogP contribution in [0.25, 0.3) is 0 Å². The summed E-state index contributed by atoms with van der Waals surface area (Å²) in [7, 11) is 0. The Hall–Kier alpha value is -2.53. The van der Waals surface area contributed by atoms with Gasteiger partial charge in [0.15, 0.2) is 6.61 Å². The zero-order valence-electron chi connectivity index (χ0n) is 13.7. The summed E-state index contributed by atoms with van der Waals surface area (Å²) in [5.41, 5.74) is 0.721. The van der Waals surface area contributed by atoms with E-state index in [4.69, 9.17) is 16.3 Å². The predicted molar refractivity (Wildman–Crippen MR) is 96.8 cm³/mol. The van der Waals surface area contributed by atoms with Crippen molar-refractivity contribution in [2.45, 2.75) is 18.9 Å². The molecule has 0 radical (unpaired) electrons. The van der Waals surface area contributed by atoms with Gasteiger partial charge in [-0.25, -0.2) is 0 Å². The number of hydrogen-bond donors (Lipinski definition) is 1. The number of para-hydroxylation sites is 2. The van der Waals surface area contributed by atoms with Crippen molar-refractivity contribution in [2.24, 2.45) is 0 Å². The van der Waals surface area contributed by atoms with Gasteiger partial charge in [0.1, 0.15) is 11.8 Å². The lowest BCUT2D eigenvalue weighted by Gasteiger charge is -2.24. The fraction of sp³-hybridized carbons (Fsp3) is 0.263. The minimum atomic E-state index is -0.470. The van der Waals surface area contributed by atoms with E-state index in [9.17, 15) is 9.59 Å². The minimum Gasteiger partial charge on any atom is -0.482 e. The fourth-order valence-corrected chi connectivity index (χ4v) is 3.06. The molecule has 1 aliphatic heterocycles. The second-order valence-corrected chi connectivity index (χ2v) is 6.23. The highest BCUT2D eigenvalue weighted by Crippen LogP contribution is 2.24. The molecule has 3 rings (SSSR count). The summed E-state index contributed by atoms with van der Waals surface area (Å²) < 4.78 is 5.50. The number of amides is 2. The second-order valence-electron chi connectivity index (χ2n) is 5.82. The Balaban J connectivity index is 1.59. The van der Waals surface area contributed by atoms with E-state index < -0.39 is 6.04 Å². The molecule has 1 heterocycles. The molecule has 1 aliphatic rings. The van der Waals surface area contributed by atoms with Gasteiger partial charge in [-0.2, -0.15) is 0 Å². The lowest BCUT2D eigenvalue weighted by Crippen LogP contribution is -2.45. The first-order chi connectivity index (χ1) is 12.1. The van der Waals surface area contributed by atoms with Crippen LogP contribution in [0.1, 0.15) is 12.8 Å². The van der Waals surface area contributed by atoms with Crippen LogP contribution < -0.4 is 10.1 Å². The third kappa shape index (κ3) is 4.31. The molecule has 1 N–H and O–H groups in total. The van der Waals surface area contributed by atoms with Crippen LogP contribution in [0, 0.1) is 0 Å². The van der Waals surface area contributed by atoms with E-state index in [1.807, 2.05) is 30.3 Å². The maximum atomic E-state index is 12.5. The molecular weight excluding hydrogens is 340 g/mol. The van der Waals surface area contributed by atoms with Crippen LogP contribution in [0.5, 0.6) is 5.75 Å². The topological polar surface area (TPSA) is 58.6 Å². The van der Waals surface area contributed by atoms with Gasteiger partial charge in [-0.1, -0.05) is 41.9 Å². The molecule has 2 aromatic carbocycles. The first-order valence-electron chi connectivity index (χ1n) is 8.18. The van der Waals surface area contributed by atoms with Gasteiger partial charge >= 0.3 is 0 Å². The Morgan fingerprint density at radius 3 is 2.60 bits per heavy atom. The van der Waals surface area contributed by atoms with Crippen molar-refractivity contribution >= 4 is 29.1 Å². The number of ether oxygens (including phenoxy) is 1. The monoisotopic (exact) mass is 358 g/mol. The molecule has 0 aromatic heterocycles. The number of likely N-dealkylation sites (tertiary alicyclic amines) is 1. The molecule has 25 heavy (non-hydrogen) atoms. The van der Waals surface area contributed by atoms with E-state index in [2.05, 4.69) is 5.32 Å². The molecule has 1 atom stereocenters. The van der Waals surface area contributed by atoms with E-state index in [0.29, 0.717) is 23.7 Å². The van der Waals surface area contributed by atoms with E-state index in [1.165, 1.54) is 0 Å². The van der Waals surface area contributed by atoms with Crippen LogP contribution in [0.4, 0.5) is 5.69 Å². The quantitative estimate of drug-likeness (QED) is 0.891. The molecule has 1 fully saturated rings. The van der Waals surface area contributed by atoms with Gasteiger partial charge < -0.3 is 15.0 Å². The first-order valence-corrected chi connectivity index (χ1v) is 8.55. The maximum absolute atomic E-state index is 12.5. The molecular formula is C19H19ClN2O3. The summed E-state index contributed by atoms with van der Waals surface area (Å²) in [5, 5.41) is 3.31. The smallest absolute Gasteiger partial charge is 0.261 e. The van der Waals surface area contributed by atoms with Crippen molar-refractivity contribution in [1.82, 2.24) is 4.90 Å². The highest BCUT2D eigenvalue weighted by molar-refractivity contribution is 6.32. The Labute approximate surface area is 151 Å². The van der Waals surface area contributed by atoms with Crippen molar-refractivity contribution in [1.29, 1.82) is 0 Å². The van der Waals surface area contributed by atoms with Crippen LogP contribution in [-0.4, -0.2) is 35.9 Å². The summed E-state index contributed by atoms with van der Waals surface area (Å²) in [6, 6.07) is 15.7. The fourth-order valence-electron chi connectivity index (χ4n) is 2.87. The Bertz CT molecular complexity index is 751. The van der Waals surface area contributed by atoms with E-state index in [0.717, 1.165) is 12.1 Å². The maximum Gasteiger partial charge on any atom is 0.261 e. The highest BCUT2D eigenvalue weighted by atomic mass is 35.5. The highest BCUT2D eigenvalue weighted by Gasteiger charge is 2.34. The van der Waals surface area contributed by atoms with Crippen molar-refractivity contribution in [3.8, 4) is 5.75 Å². The van der Waals surface area contributed by atoms with E-state index in [1.54, 1.807) is 29.2 Å². The molecule has 0 bridgehead atoms. The van der Waals surface area contributed by atoms with Crippen LogP contribution in [-0.2, 0) is 9.59 Å². The number of halogens is 1. The molecule has 0 aliphatic carbocycles. The number of benzene rings is 2. The molecule has 2 amide bonds. The lowest BCUT2D eigenvalue weighted by molar-refractivity contribution is -0.138. The predicted octanol–water partition coefficient (Wildman–Crippen LogP) is 3.35. The van der Waals surface area contributed by atoms with Crippen LogP contribution in [0.2, 0.25) is 5.02 Å². The normalized spacial score (nSPS) is 16.5. The van der Waals surface area contributed by atoms with Gasteiger partial charge in [-0.15, -0.1) is 0 Å². The summed E-state index contributed by atoms with van der Waals surface area (Å²) in [6.07, 6.45) is 1.45. The molecule has 1 saturated heterocycles. The summed E-state index contributed by atoms with van der Waals surface area (Å²) >= 11 is 6.02. The SMILES string of the molecule is O=C(Nc1ccccc1)[C@H]1CCCN1C(=O)COc1ccccc1Cl. The second kappa shape index (κ2) is 8.03. The van der Waals surface area contributed by atoms with Crippen molar-refractivity contribution in [2.75, 3.05) is 18.5 Å². The lowest BCUT2D eigenvalue weighted by atomic mass is 10.2. The average Bonchev–Trinajstić information content (AvgIpc) is 3.12. The van der Waals surface area contributed by atoms with E-state index in [-0.39, 0.29) is 18.4 Å². The zero-order chi connectivity index (χ0) is 17.6. The van der Waals surface area contributed by atoms with Gasteiger partial charge in [0.05, 0.1) is 5.02 Å². The van der Waals surface area contributed by atoms with Crippen LogP contribution >= 0.6 is 11.6 Å². The van der Waals surface area contributed by atoms with Gasteiger partial charge in [0, 0.05) is 12.2 Å². The van der Waals surface area contributed by atoms with Crippen LogP contribution in [0.15, 0.2) is 54.6 Å². The molecule has 0 saturated carbocycles. The zero-order valence-corrected chi connectivity index (χ0v) is 14.4. The Morgan fingerprint density at radius 2 is 1.84 bits per heavy atom. The van der Waals surface area contributed by atoms with Crippen LogP contribution in [0.3, 0.4) is 0 Å². The molecule has 130 valence electrons. The van der Waals surface area contributed by atoms with Gasteiger partial charge in [0.2, 0.25) is 5.91 Å². The van der Waals surface area contributed by atoms with Gasteiger partial charge in [-0.05, 0) is 37.1 Å². The molecule has 5 nitrogen and oxygen atoms in total. The largest absolute Gasteiger partial charge is 0.482 e. The number of nitrogens with one attached hydrogen (secondary N) is 1. The third-order valence-corrected chi connectivity index (χ3v) is 4.42. The summed E-state index contributed by atoms with van der Waals surface area (Å²) in [5.74, 6) is 0.0717. The van der Waals surface area contributed by atoms with Gasteiger partial charge in [-0.3, -0.25) is 9.59 Å². The summed E-state index contributed by atoms with van der Waals surface area (Å²) in [4.78, 5) is 26.5. The number of rotatable bonds is 5. The Morgan fingerprint density at radius 1 is 1.12 bits per heavy atom. The first kappa shape index (κ1) is 17.3. The molecule has 6 heteroatoms. The number of hydrogen-bond acceptors (Lipinski definition) is 3. The van der Waals surface area contributed by atoms with Gasteiger partial charge in [0.25, 0.3) is 5.91 Å². The minimum absolute atomic E-state index is 0.140.